The van der Waals surface area contributed by atoms with Crippen molar-refractivity contribution in [3.8, 4) is 0 Å². The molecular formula is C11H18N2O2. The molecule has 0 saturated heterocycles. The molecule has 0 aromatic heterocycles. The lowest BCUT2D eigenvalue weighted by Gasteiger charge is -2.14. The summed E-state index contributed by atoms with van der Waals surface area (Å²) in [5.41, 5.74) is 4.98. The van der Waals surface area contributed by atoms with E-state index in [2.05, 4.69) is 12.2 Å². The van der Waals surface area contributed by atoms with Crippen LogP contribution in [0.5, 0.6) is 0 Å². The lowest BCUT2D eigenvalue weighted by molar-refractivity contribution is -0.126. The van der Waals surface area contributed by atoms with Gasteiger partial charge >= 0.3 is 0 Å². The van der Waals surface area contributed by atoms with Gasteiger partial charge in [-0.05, 0) is 30.6 Å². The molecule has 0 spiro atoms. The van der Waals surface area contributed by atoms with Gasteiger partial charge in [-0.15, -0.1) is 0 Å². The van der Waals surface area contributed by atoms with Gasteiger partial charge in [-0.3, -0.25) is 9.59 Å². The highest BCUT2D eigenvalue weighted by atomic mass is 16.2. The molecule has 4 atom stereocenters. The average molecular weight is 210 g/mol. The van der Waals surface area contributed by atoms with Crippen LogP contribution >= 0.6 is 0 Å². The first-order valence-electron chi connectivity index (χ1n) is 5.65. The van der Waals surface area contributed by atoms with Crippen LogP contribution in [-0.2, 0) is 9.59 Å². The van der Waals surface area contributed by atoms with Crippen molar-refractivity contribution in [2.45, 2.75) is 26.2 Å². The van der Waals surface area contributed by atoms with E-state index in [0.717, 1.165) is 5.92 Å². The van der Waals surface area contributed by atoms with Crippen LogP contribution in [0.25, 0.3) is 0 Å². The van der Waals surface area contributed by atoms with Gasteiger partial charge in [-0.1, -0.05) is 13.3 Å². The number of nitrogens with two attached hydrogens (primary N) is 1. The molecule has 4 nitrogen and oxygen atoms in total. The van der Waals surface area contributed by atoms with Crippen LogP contribution in [0.4, 0.5) is 0 Å². The van der Waals surface area contributed by atoms with E-state index in [4.69, 9.17) is 5.73 Å². The van der Waals surface area contributed by atoms with E-state index < -0.39 is 5.91 Å². The van der Waals surface area contributed by atoms with Crippen LogP contribution in [-0.4, -0.2) is 18.4 Å². The number of carbonyl (C=O) groups is 2. The first-order chi connectivity index (χ1) is 7.09. The first kappa shape index (κ1) is 10.5. The molecule has 0 aromatic rings. The second-order valence-corrected chi connectivity index (χ2v) is 4.96. The average Bonchev–Trinajstić information content (AvgIpc) is 2.87. The van der Waals surface area contributed by atoms with Gasteiger partial charge in [0.2, 0.25) is 11.8 Å². The summed E-state index contributed by atoms with van der Waals surface area (Å²) in [5.74, 6) is 1.61. The van der Waals surface area contributed by atoms with Crippen molar-refractivity contribution in [1.29, 1.82) is 0 Å². The molecule has 2 rings (SSSR count). The Bertz CT molecular complexity index is 290. The Morgan fingerprint density at radius 3 is 2.67 bits per heavy atom. The highest BCUT2D eigenvalue weighted by Crippen LogP contribution is 2.56. The van der Waals surface area contributed by atoms with Crippen LogP contribution < -0.4 is 11.1 Å². The van der Waals surface area contributed by atoms with Gasteiger partial charge in [-0.2, -0.15) is 0 Å². The summed E-state index contributed by atoms with van der Waals surface area (Å²) in [4.78, 5) is 22.2. The minimum absolute atomic E-state index is 0.0235. The summed E-state index contributed by atoms with van der Waals surface area (Å²) < 4.78 is 0. The Morgan fingerprint density at radius 1 is 1.33 bits per heavy atom. The number of fused-ring (bicyclic) bond motifs is 1. The van der Waals surface area contributed by atoms with Crippen LogP contribution in [0.3, 0.4) is 0 Å². The molecule has 2 aliphatic rings. The Labute approximate surface area is 89.6 Å². The summed E-state index contributed by atoms with van der Waals surface area (Å²) in [5, 5.41) is 2.60. The van der Waals surface area contributed by atoms with Crippen molar-refractivity contribution in [3.63, 3.8) is 0 Å². The fourth-order valence-electron chi connectivity index (χ4n) is 2.90. The zero-order valence-corrected chi connectivity index (χ0v) is 9.03. The summed E-state index contributed by atoms with van der Waals surface area (Å²) in [6, 6.07) is 0. The largest absolute Gasteiger partial charge is 0.368 e. The van der Waals surface area contributed by atoms with Gasteiger partial charge in [0.25, 0.3) is 0 Å². The predicted octanol–water partition coefficient (Wildman–Crippen LogP) is 0.270. The van der Waals surface area contributed by atoms with Crippen molar-refractivity contribution in [2.24, 2.45) is 29.4 Å². The predicted molar refractivity (Wildman–Crippen MR) is 55.7 cm³/mol. The molecule has 0 aromatic carbocycles. The molecule has 4 unspecified atom stereocenters. The number of primary amides is 1. The second-order valence-electron chi connectivity index (χ2n) is 4.96. The molecule has 2 aliphatic carbocycles. The van der Waals surface area contributed by atoms with Gasteiger partial charge in [0.1, 0.15) is 0 Å². The Balaban J connectivity index is 1.81. The van der Waals surface area contributed by atoms with Crippen LogP contribution in [0, 0.1) is 23.7 Å². The summed E-state index contributed by atoms with van der Waals surface area (Å²) >= 11 is 0. The summed E-state index contributed by atoms with van der Waals surface area (Å²) in [6.07, 6.45) is 3.57. The van der Waals surface area contributed by atoms with Gasteiger partial charge in [0.15, 0.2) is 0 Å². The highest BCUT2D eigenvalue weighted by molar-refractivity contribution is 5.87. The summed E-state index contributed by atoms with van der Waals surface area (Å²) in [7, 11) is 0. The van der Waals surface area contributed by atoms with Crippen LogP contribution in [0.2, 0.25) is 0 Å². The van der Waals surface area contributed by atoms with Gasteiger partial charge in [0.05, 0.1) is 6.54 Å². The van der Waals surface area contributed by atoms with E-state index in [1.807, 2.05) is 0 Å². The van der Waals surface area contributed by atoms with E-state index in [-0.39, 0.29) is 18.4 Å². The minimum Gasteiger partial charge on any atom is -0.368 e. The van der Waals surface area contributed by atoms with Crippen molar-refractivity contribution >= 4 is 11.8 Å². The number of carbonyl (C=O) groups excluding carboxylic acids is 2. The minimum atomic E-state index is -0.472. The molecular weight excluding hydrogens is 192 g/mol. The number of rotatable bonds is 3. The Morgan fingerprint density at radius 2 is 2.07 bits per heavy atom. The van der Waals surface area contributed by atoms with Gasteiger partial charge in [-0.25, -0.2) is 0 Å². The van der Waals surface area contributed by atoms with Crippen LogP contribution in [0.1, 0.15) is 26.2 Å². The molecule has 2 amide bonds. The maximum absolute atomic E-state index is 11.7. The van der Waals surface area contributed by atoms with Crippen molar-refractivity contribution in [1.82, 2.24) is 5.32 Å². The fourth-order valence-corrected chi connectivity index (χ4v) is 2.90. The monoisotopic (exact) mass is 210 g/mol. The van der Waals surface area contributed by atoms with Crippen LogP contribution in [0.15, 0.2) is 0 Å². The SMILES string of the molecule is CC1CCC2C(C1)C2C(=O)NCC(N)=O. The molecule has 0 heterocycles. The molecule has 0 aliphatic heterocycles. The van der Waals surface area contributed by atoms with E-state index in [1.165, 1.54) is 19.3 Å². The molecule has 0 radical (unpaired) electrons. The lowest BCUT2D eigenvalue weighted by atomic mass is 9.91. The second kappa shape index (κ2) is 3.83. The van der Waals surface area contributed by atoms with Gasteiger partial charge < -0.3 is 11.1 Å². The molecule has 4 heteroatoms. The van der Waals surface area contributed by atoms with E-state index in [9.17, 15) is 9.59 Å². The topological polar surface area (TPSA) is 72.2 Å². The van der Waals surface area contributed by atoms with Crippen molar-refractivity contribution in [2.75, 3.05) is 6.54 Å². The maximum atomic E-state index is 11.7. The number of hydrogen-bond acceptors (Lipinski definition) is 2. The Kier molecular flexibility index (Phi) is 2.67. The number of hydrogen-bond donors (Lipinski definition) is 2. The normalized spacial score (nSPS) is 37.9. The molecule has 2 saturated carbocycles. The van der Waals surface area contributed by atoms with Crippen molar-refractivity contribution in [3.05, 3.63) is 0 Å². The Hall–Kier alpha value is -1.06. The zero-order chi connectivity index (χ0) is 11.0. The number of amides is 2. The smallest absolute Gasteiger partial charge is 0.236 e. The van der Waals surface area contributed by atoms with Gasteiger partial charge in [0, 0.05) is 5.92 Å². The van der Waals surface area contributed by atoms with E-state index >= 15 is 0 Å². The van der Waals surface area contributed by atoms with Crippen molar-refractivity contribution < 1.29 is 9.59 Å². The molecule has 15 heavy (non-hydrogen) atoms. The molecule has 84 valence electrons. The number of nitrogens with one attached hydrogen (secondary N) is 1. The zero-order valence-electron chi connectivity index (χ0n) is 9.03. The molecule has 0 bridgehead atoms. The third-order valence-corrected chi connectivity index (χ3v) is 3.74. The fraction of sp³-hybridized carbons (Fsp3) is 0.818. The summed E-state index contributed by atoms with van der Waals surface area (Å²) in [6.45, 7) is 2.22. The standard InChI is InChI=1S/C11H18N2O2/c1-6-2-3-7-8(4-6)10(7)11(15)13-5-9(12)14/h6-8,10H,2-5H2,1H3,(H2,12,14)(H,13,15). The molecule has 3 N–H and O–H groups in total. The third kappa shape index (κ3) is 2.13. The van der Waals surface area contributed by atoms with E-state index in [0.29, 0.717) is 11.8 Å². The van der Waals surface area contributed by atoms with E-state index in [1.54, 1.807) is 0 Å². The lowest BCUT2D eigenvalue weighted by Crippen LogP contribution is -2.34. The third-order valence-electron chi connectivity index (χ3n) is 3.74. The highest BCUT2D eigenvalue weighted by Gasteiger charge is 2.55. The quantitative estimate of drug-likeness (QED) is 0.701. The maximum Gasteiger partial charge on any atom is 0.236 e. The first-order valence-corrected chi connectivity index (χ1v) is 5.65. The molecule has 2 fully saturated rings.